The van der Waals surface area contributed by atoms with Gasteiger partial charge in [-0.05, 0) is 36.2 Å². The number of halogens is 1. The second-order valence-corrected chi connectivity index (χ2v) is 3.92. The van der Waals surface area contributed by atoms with E-state index >= 15 is 0 Å². The van der Waals surface area contributed by atoms with Gasteiger partial charge in [0.15, 0.2) is 5.78 Å². The topological polar surface area (TPSA) is 30.0 Å². The van der Waals surface area contributed by atoms with Gasteiger partial charge in [-0.3, -0.25) is 9.78 Å². The van der Waals surface area contributed by atoms with Crippen molar-refractivity contribution in [3.05, 3.63) is 65.2 Å². The van der Waals surface area contributed by atoms with Crippen LogP contribution in [0.3, 0.4) is 0 Å². The van der Waals surface area contributed by atoms with E-state index < -0.39 is 0 Å². The quantitative estimate of drug-likeness (QED) is 0.757. The summed E-state index contributed by atoms with van der Waals surface area (Å²) in [6.07, 6.45) is 3.40. The molecule has 1 heterocycles. The van der Waals surface area contributed by atoms with E-state index in [2.05, 4.69) is 4.98 Å². The van der Waals surface area contributed by atoms with E-state index in [0.717, 1.165) is 5.56 Å². The van der Waals surface area contributed by atoms with E-state index in [1.54, 1.807) is 30.6 Å². The van der Waals surface area contributed by atoms with Gasteiger partial charge in [-0.25, -0.2) is 4.39 Å². The van der Waals surface area contributed by atoms with Crippen LogP contribution in [0.4, 0.5) is 4.39 Å². The van der Waals surface area contributed by atoms with Gasteiger partial charge in [0.25, 0.3) is 0 Å². The van der Waals surface area contributed by atoms with E-state index in [0.29, 0.717) is 11.1 Å². The molecular weight excluding hydrogens is 217 g/mol. The van der Waals surface area contributed by atoms with E-state index in [-0.39, 0.29) is 18.0 Å². The number of hydrogen-bond acceptors (Lipinski definition) is 2. The van der Waals surface area contributed by atoms with Gasteiger partial charge in [0, 0.05) is 24.4 Å². The Morgan fingerprint density at radius 2 is 2.18 bits per heavy atom. The van der Waals surface area contributed by atoms with Crippen LogP contribution in [0.2, 0.25) is 0 Å². The summed E-state index contributed by atoms with van der Waals surface area (Å²) in [5.41, 5.74) is 2.16. The van der Waals surface area contributed by atoms with Crippen molar-refractivity contribution in [3.63, 3.8) is 0 Å². The summed E-state index contributed by atoms with van der Waals surface area (Å²) in [4.78, 5) is 15.9. The zero-order chi connectivity index (χ0) is 12.3. The van der Waals surface area contributed by atoms with Crippen LogP contribution >= 0.6 is 0 Å². The van der Waals surface area contributed by atoms with Gasteiger partial charge in [-0.2, -0.15) is 0 Å². The summed E-state index contributed by atoms with van der Waals surface area (Å²) in [6, 6.07) is 7.88. The summed E-state index contributed by atoms with van der Waals surface area (Å²) in [5, 5.41) is 0. The number of Topliss-reactive ketones (excluding diaryl/α,β-unsaturated/α-hetero) is 1. The Morgan fingerprint density at radius 3 is 2.88 bits per heavy atom. The van der Waals surface area contributed by atoms with Crippen molar-refractivity contribution in [1.29, 1.82) is 0 Å². The number of benzene rings is 1. The Labute approximate surface area is 99.1 Å². The molecule has 0 bridgehead atoms. The average molecular weight is 229 g/mol. The molecule has 0 N–H and O–H groups in total. The molecule has 86 valence electrons. The lowest BCUT2D eigenvalue weighted by Gasteiger charge is -2.04. The second kappa shape index (κ2) is 4.87. The van der Waals surface area contributed by atoms with E-state index in [4.69, 9.17) is 0 Å². The summed E-state index contributed by atoms with van der Waals surface area (Å²) in [6.45, 7) is 1.86. The molecule has 0 spiro atoms. The molecule has 2 nitrogen and oxygen atoms in total. The van der Waals surface area contributed by atoms with Crippen LogP contribution in [0.15, 0.2) is 42.7 Å². The molecule has 0 unspecified atom stereocenters. The zero-order valence-electron chi connectivity index (χ0n) is 9.48. The first-order valence-corrected chi connectivity index (χ1v) is 5.35. The Balaban J connectivity index is 2.20. The minimum atomic E-state index is -0.321. The SMILES string of the molecule is Cc1ccncc1C(=O)Cc1cccc(F)c1. The Kier molecular flexibility index (Phi) is 3.28. The van der Waals surface area contributed by atoms with Crippen molar-refractivity contribution in [2.75, 3.05) is 0 Å². The molecule has 17 heavy (non-hydrogen) atoms. The van der Waals surface area contributed by atoms with Gasteiger partial charge in [-0.15, -0.1) is 0 Å². The van der Waals surface area contributed by atoms with Gasteiger partial charge < -0.3 is 0 Å². The highest BCUT2D eigenvalue weighted by molar-refractivity contribution is 5.98. The molecule has 0 saturated heterocycles. The van der Waals surface area contributed by atoms with Crippen molar-refractivity contribution in [2.24, 2.45) is 0 Å². The number of aromatic nitrogens is 1. The van der Waals surface area contributed by atoms with Gasteiger partial charge in [0.05, 0.1) is 0 Å². The van der Waals surface area contributed by atoms with Crippen LogP contribution in [-0.2, 0) is 6.42 Å². The van der Waals surface area contributed by atoms with Crippen LogP contribution in [-0.4, -0.2) is 10.8 Å². The lowest BCUT2D eigenvalue weighted by molar-refractivity contribution is 0.0992. The minimum absolute atomic E-state index is 0.0406. The molecule has 1 aromatic heterocycles. The van der Waals surface area contributed by atoms with Crippen LogP contribution in [0.5, 0.6) is 0 Å². The first-order chi connectivity index (χ1) is 8.16. The molecular formula is C14H12FNO. The number of hydrogen-bond donors (Lipinski definition) is 0. The molecule has 0 radical (unpaired) electrons. The smallest absolute Gasteiger partial charge is 0.169 e. The van der Waals surface area contributed by atoms with Crippen molar-refractivity contribution in [1.82, 2.24) is 4.98 Å². The summed E-state index contributed by atoms with van der Waals surface area (Å²) in [7, 11) is 0. The predicted molar refractivity (Wildman–Crippen MR) is 63.4 cm³/mol. The molecule has 0 fully saturated rings. The van der Waals surface area contributed by atoms with Crippen LogP contribution in [0.1, 0.15) is 21.5 Å². The van der Waals surface area contributed by atoms with E-state index in [1.807, 2.05) is 6.92 Å². The van der Waals surface area contributed by atoms with Crippen LogP contribution < -0.4 is 0 Å². The molecule has 2 aromatic rings. The molecule has 2 rings (SSSR count). The number of pyridine rings is 1. The zero-order valence-corrected chi connectivity index (χ0v) is 9.48. The largest absolute Gasteiger partial charge is 0.294 e. The van der Waals surface area contributed by atoms with E-state index in [9.17, 15) is 9.18 Å². The second-order valence-electron chi connectivity index (χ2n) is 3.92. The van der Waals surface area contributed by atoms with E-state index in [1.165, 1.54) is 12.1 Å². The molecule has 0 amide bonds. The van der Waals surface area contributed by atoms with Gasteiger partial charge in [0.2, 0.25) is 0 Å². The van der Waals surface area contributed by atoms with Gasteiger partial charge in [-0.1, -0.05) is 12.1 Å². The highest BCUT2D eigenvalue weighted by Crippen LogP contribution is 2.11. The maximum atomic E-state index is 13.0. The number of nitrogens with zero attached hydrogens (tertiary/aromatic N) is 1. The summed E-state index contributed by atoms with van der Waals surface area (Å²) in [5.74, 6) is -0.362. The lowest BCUT2D eigenvalue weighted by atomic mass is 10.0. The Bertz CT molecular complexity index is 551. The molecule has 0 aliphatic carbocycles. The fourth-order valence-electron chi connectivity index (χ4n) is 1.68. The van der Waals surface area contributed by atoms with Gasteiger partial charge >= 0.3 is 0 Å². The normalized spacial score (nSPS) is 10.2. The van der Waals surface area contributed by atoms with Crippen LogP contribution in [0.25, 0.3) is 0 Å². The van der Waals surface area contributed by atoms with Crippen molar-refractivity contribution in [2.45, 2.75) is 13.3 Å². The third-order valence-electron chi connectivity index (χ3n) is 2.59. The Morgan fingerprint density at radius 1 is 1.35 bits per heavy atom. The van der Waals surface area contributed by atoms with Crippen molar-refractivity contribution >= 4 is 5.78 Å². The molecule has 0 aliphatic heterocycles. The monoisotopic (exact) mass is 229 g/mol. The Hall–Kier alpha value is -2.03. The summed E-state index contributed by atoms with van der Waals surface area (Å²) < 4.78 is 13.0. The average Bonchev–Trinajstić information content (AvgIpc) is 2.29. The molecule has 0 atom stereocenters. The maximum absolute atomic E-state index is 13.0. The first-order valence-electron chi connectivity index (χ1n) is 5.35. The maximum Gasteiger partial charge on any atom is 0.169 e. The first kappa shape index (κ1) is 11.5. The molecule has 0 aliphatic rings. The summed E-state index contributed by atoms with van der Waals surface area (Å²) >= 11 is 0. The third-order valence-corrected chi connectivity index (χ3v) is 2.59. The molecule has 3 heteroatoms. The third kappa shape index (κ3) is 2.75. The predicted octanol–water partition coefficient (Wildman–Crippen LogP) is 2.95. The fraction of sp³-hybridized carbons (Fsp3) is 0.143. The number of carbonyl (C=O) groups is 1. The molecule has 1 aromatic carbocycles. The molecule has 0 saturated carbocycles. The number of carbonyl (C=O) groups excluding carboxylic acids is 1. The number of rotatable bonds is 3. The van der Waals surface area contributed by atoms with Crippen molar-refractivity contribution < 1.29 is 9.18 Å². The van der Waals surface area contributed by atoms with Crippen molar-refractivity contribution in [3.8, 4) is 0 Å². The van der Waals surface area contributed by atoms with Gasteiger partial charge in [0.1, 0.15) is 5.82 Å². The fourth-order valence-corrected chi connectivity index (χ4v) is 1.68. The number of ketones is 1. The highest BCUT2D eigenvalue weighted by atomic mass is 19.1. The minimum Gasteiger partial charge on any atom is -0.294 e. The highest BCUT2D eigenvalue weighted by Gasteiger charge is 2.10. The number of aryl methyl sites for hydroxylation is 1. The van der Waals surface area contributed by atoms with Crippen LogP contribution in [0, 0.1) is 12.7 Å². The lowest BCUT2D eigenvalue weighted by Crippen LogP contribution is -2.06. The standard InChI is InChI=1S/C14H12FNO/c1-10-5-6-16-9-13(10)14(17)8-11-3-2-4-12(15)7-11/h2-7,9H,8H2,1H3.